The SMILES string of the molecule is CC[C@@H](C)Nc1ccc(C(=O)O)cc1[N+](=O)[O-].CC[C@H](C)Nc1ccc(C(=O)O)cc1[N+](=O)[O-]. The Morgan fingerprint density at radius 3 is 1.35 bits per heavy atom. The van der Waals surface area contributed by atoms with Gasteiger partial charge in [-0.15, -0.1) is 0 Å². The Labute approximate surface area is 195 Å². The molecule has 0 spiro atoms. The highest BCUT2D eigenvalue weighted by molar-refractivity contribution is 5.90. The molecule has 0 saturated carbocycles. The minimum absolute atomic E-state index is 0.0874. The molecule has 0 heterocycles. The molecule has 2 atom stereocenters. The molecule has 2 aromatic carbocycles. The van der Waals surface area contributed by atoms with Gasteiger partial charge in [0.05, 0.1) is 21.0 Å². The first-order chi connectivity index (χ1) is 15.9. The number of anilines is 2. The van der Waals surface area contributed by atoms with E-state index in [4.69, 9.17) is 10.2 Å². The maximum atomic E-state index is 10.8. The molecule has 0 bridgehead atoms. The normalized spacial score (nSPS) is 11.9. The Morgan fingerprint density at radius 2 is 1.12 bits per heavy atom. The lowest BCUT2D eigenvalue weighted by molar-refractivity contribution is -0.384. The second kappa shape index (κ2) is 12.7. The van der Waals surface area contributed by atoms with Gasteiger partial charge in [0.2, 0.25) is 0 Å². The first-order valence-electron chi connectivity index (χ1n) is 10.5. The second-order valence-electron chi connectivity index (χ2n) is 7.50. The lowest BCUT2D eigenvalue weighted by Gasteiger charge is -2.13. The van der Waals surface area contributed by atoms with E-state index < -0.39 is 21.8 Å². The summed E-state index contributed by atoms with van der Waals surface area (Å²) in [5, 5.41) is 45.2. The molecule has 0 aliphatic rings. The zero-order valence-electron chi connectivity index (χ0n) is 19.3. The van der Waals surface area contributed by atoms with Crippen LogP contribution in [0.5, 0.6) is 0 Å². The molecule has 12 nitrogen and oxygen atoms in total. The molecule has 12 heteroatoms. The van der Waals surface area contributed by atoms with E-state index in [0.717, 1.165) is 25.0 Å². The Hall–Kier alpha value is -4.22. The Balaban J connectivity index is 0.000000340. The Morgan fingerprint density at radius 1 is 0.794 bits per heavy atom. The fourth-order valence-electron chi connectivity index (χ4n) is 2.61. The van der Waals surface area contributed by atoms with E-state index in [9.17, 15) is 29.8 Å². The van der Waals surface area contributed by atoms with Crippen molar-refractivity contribution >= 4 is 34.7 Å². The van der Waals surface area contributed by atoms with Crippen molar-refractivity contribution in [2.75, 3.05) is 10.6 Å². The highest BCUT2D eigenvalue weighted by atomic mass is 16.6. The monoisotopic (exact) mass is 476 g/mol. The van der Waals surface area contributed by atoms with Gasteiger partial charge in [0, 0.05) is 24.2 Å². The fourth-order valence-corrected chi connectivity index (χ4v) is 2.61. The van der Waals surface area contributed by atoms with Crippen molar-refractivity contribution in [3.63, 3.8) is 0 Å². The molecule has 0 aromatic heterocycles. The highest BCUT2D eigenvalue weighted by Crippen LogP contribution is 2.27. The summed E-state index contributed by atoms with van der Waals surface area (Å²) in [6.07, 6.45) is 1.63. The highest BCUT2D eigenvalue weighted by Gasteiger charge is 2.19. The standard InChI is InChI=1S/2C11H14N2O4/c2*1-3-7(2)12-9-5-4-8(11(14)15)6-10(9)13(16)17/h2*4-7,12H,3H2,1-2H3,(H,14,15)/t2*7-/m10/s1. The van der Waals surface area contributed by atoms with Crippen LogP contribution in [0.25, 0.3) is 0 Å². The smallest absolute Gasteiger partial charge is 0.335 e. The zero-order valence-corrected chi connectivity index (χ0v) is 19.3. The summed E-state index contributed by atoms with van der Waals surface area (Å²) in [6.45, 7) is 7.70. The molecule has 184 valence electrons. The number of hydrogen-bond acceptors (Lipinski definition) is 8. The molecule has 0 aliphatic heterocycles. The fraction of sp³-hybridized carbons (Fsp3) is 0.364. The van der Waals surface area contributed by atoms with Gasteiger partial charge in [0.25, 0.3) is 11.4 Å². The number of carboxylic acids is 2. The third-order valence-electron chi connectivity index (χ3n) is 4.91. The van der Waals surface area contributed by atoms with Crippen molar-refractivity contribution < 1.29 is 29.6 Å². The number of aromatic carboxylic acids is 2. The number of nitro benzene ring substituents is 2. The summed E-state index contributed by atoms with van der Waals surface area (Å²) in [5.74, 6) is -2.36. The van der Waals surface area contributed by atoms with Crippen LogP contribution in [0.1, 0.15) is 61.3 Å². The molecular weight excluding hydrogens is 448 g/mol. The number of rotatable bonds is 10. The third kappa shape index (κ3) is 8.04. The molecule has 2 rings (SSSR count). The van der Waals surface area contributed by atoms with Crippen LogP contribution < -0.4 is 10.6 Å². The van der Waals surface area contributed by atoms with Gasteiger partial charge >= 0.3 is 11.9 Å². The molecule has 2 aromatic rings. The summed E-state index contributed by atoms with van der Waals surface area (Å²) < 4.78 is 0. The van der Waals surface area contributed by atoms with Gasteiger partial charge in [-0.25, -0.2) is 9.59 Å². The van der Waals surface area contributed by atoms with E-state index in [-0.39, 0.29) is 34.6 Å². The van der Waals surface area contributed by atoms with E-state index in [1.165, 1.54) is 24.3 Å². The molecule has 0 unspecified atom stereocenters. The molecule has 0 amide bonds. The zero-order chi connectivity index (χ0) is 26.0. The van der Waals surface area contributed by atoms with Gasteiger partial charge in [0.15, 0.2) is 0 Å². The summed E-state index contributed by atoms with van der Waals surface area (Å²) in [4.78, 5) is 42.0. The van der Waals surface area contributed by atoms with Gasteiger partial charge in [0.1, 0.15) is 11.4 Å². The van der Waals surface area contributed by atoms with Gasteiger partial charge in [-0.3, -0.25) is 20.2 Å². The maximum absolute atomic E-state index is 10.8. The number of carboxylic acid groups (broad SMARTS) is 2. The number of nitrogens with one attached hydrogen (secondary N) is 2. The van der Waals surface area contributed by atoms with Crippen molar-refractivity contribution in [3.05, 3.63) is 67.8 Å². The van der Waals surface area contributed by atoms with Crippen LogP contribution in [-0.4, -0.2) is 44.1 Å². The van der Waals surface area contributed by atoms with Crippen LogP contribution >= 0.6 is 0 Å². The van der Waals surface area contributed by atoms with Crippen LogP contribution in [0.2, 0.25) is 0 Å². The molecule has 4 N–H and O–H groups in total. The maximum Gasteiger partial charge on any atom is 0.335 e. The summed E-state index contributed by atoms with van der Waals surface area (Å²) in [6, 6.07) is 7.84. The second-order valence-corrected chi connectivity index (χ2v) is 7.50. The minimum Gasteiger partial charge on any atom is -0.478 e. The van der Waals surface area contributed by atoms with Crippen LogP contribution in [-0.2, 0) is 0 Å². The van der Waals surface area contributed by atoms with Gasteiger partial charge < -0.3 is 20.8 Å². The van der Waals surface area contributed by atoms with Crippen LogP contribution in [0.3, 0.4) is 0 Å². The van der Waals surface area contributed by atoms with Crippen molar-refractivity contribution in [1.29, 1.82) is 0 Å². The van der Waals surface area contributed by atoms with Crippen molar-refractivity contribution in [2.24, 2.45) is 0 Å². The van der Waals surface area contributed by atoms with Crippen LogP contribution in [0.15, 0.2) is 36.4 Å². The van der Waals surface area contributed by atoms with Crippen molar-refractivity contribution in [1.82, 2.24) is 0 Å². The summed E-state index contributed by atoms with van der Waals surface area (Å²) in [5.41, 5.74) is 0.0666. The largest absolute Gasteiger partial charge is 0.478 e. The lowest BCUT2D eigenvalue weighted by atomic mass is 10.1. The number of nitro groups is 2. The van der Waals surface area contributed by atoms with E-state index in [0.29, 0.717) is 11.4 Å². The predicted molar refractivity (Wildman–Crippen MR) is 127 cm³/mol. The Bertz CT molecular complexity index is 974. The number of nitrogens with zero attached hydrogens (tertiary/aromatic N) is 2. The molecule has 34 heavy (non-hydrogen) atoms. The molecule has 0 fully saturated rings. The quantitative estimate of drug-likeness (QED) is 0.268. The number of hydrogen-bond donors (Lipinski definition) is 4. The van der Waals surface area contributed by atoms with E-state index in [2.05, 4.69) is 10.6 Å². The van der Waals surface area contributed by atoms with Gasteiger partial charge in [-0.2, -0.15) is 0 Å². The van der Waals surface area contributed by atoms with Crippen LogP contribution in [0.4, 0.5) is 22.7 Å². The molecule has 0 aliphatic carbocycles. The molecular formula is C22H28N4O8. The third-order valence-corrected chi connectivity index (χ3v) is 4.91. The van der Waals surface area contributed by atoms with Crippen molar-refractivity contribution in [3.8, 4) is 0 Å². The van der Waals surface area contributed by atoms with E-state index in [1.807, 2.05) is 27.7 Å². The minimum atomic E-state index is -1.18. The lowest BCUT2D eigenvalue weighted by Crippen LogP contribution is -2.14. The number of carbonyl (C=O) groups is 2. The van der Waals surface area contributed by atoms with E-state index in [1.54, 1.807) is 0 Å². The van der Waals surface area contributed by atoms with Gasteiger partial charge in [-0.1, -0.05) is 13.8 Å². The number of benzene rings is 2. The molecule has 0 saturated heterocycles. The Kier molecular flexibility index (Phi) is 10.4. The summed E-state index contributed by atoms with van der Waals surface area (Å²) >= 11 is 0. The predicted octanol–water partition coefficient (Wildman–Crippen LogP) is 5.01. The summed E-state index contributed by atoms with van der Waals surface area (Å²) in [7, 11) is 0. The molecule has 0 radical (unpaired) electrons. The van der Waals surface area contributed by atoms with E-state index >= 15 is 0 Å². The average molecular weight is 476 g/mol. The first kappa shape index (κ1) is 27.8. The van der Waals surface area contributed by atoms with Crippen molar-refractivity contribution in [2.45, 2.75) is 52.6 Å². The first-order valence-corrected chi connectivity index (χ1v) is 10.5. The van der Waals surface area contributed by atoms with Crippen LogP contribution in [0, 0.1) is 20.2 Å². The average Bonchev–Trinajstić information content (AvgIpc) is 2.79. The topological polar surface area (TPSA) is 185 Å². The van der Waals surface area contributed by atoms with Gasteiger partial charge in [-0.05, 0) is 51.0 Å².